The van der Waals surface area contributed by atoms with Gasteiger partial charge in [0.05, 0.1) is 25.0 Å². The SMILES string of the molecule is CCOc1ccc(C2=C(Nc3cccc(F)c3)C(=O)N(c3cccc(OC)c3)C2=O)cc1. The molecule has 1 N–H and O–H groups in total. The molecule has 3 aromatic carbocycles. The summed E-state index contributed by atoms with van der Waals surface area (Å²) in [5.41, 5.74) is 1.52. The third-order valence-electron chi connectivity index (χ3n) is 4.94. The van der Waals surface area contributed by atoms with Gasteiger partial charge in [-0.15, -0.1) is 0 Å². The third kappa shape index (κ3) is 4.05. The van der Waals surface area contributed by atoms with Gasteiger partial charge in [-0.3, -0.25) is 9.59 Å². The van der Waals surface area contributed by atoms with Crippen LogP contribution in [-0.4, -0.2) is 25.5 Å². The fourth-order valence-corrected chi connectivity index (χ4v) is 3.49. The summed E-state index contributed by atoms with van der Waals surface area (Å²) in [7, 11) is 1.51. The topological polar surface area (TPSA) is 67.9 Å². The van der Waals surface area contributed by atoms with Crippen molar-refractivity contribution in [1.82, 2.24) is 0 Å². The van der Waals surface area contributed by atoms with E-state index >= 15 is 0 Å². The highest BCUT2D eigenvalue weighted by molar-refractivity contribution is 6.46. The van der Waals surface area contributed by atoms with Crippen LogP contribution in [0.5, 0.6) is 11.5 Å². The highest BCUT2D eigenvalue weighted by atomic mass is 19.1. The van der Waals surface area contributed by atoms with E-state index in [1.165, 1.54) is 25.3 Å². The van der Waals surface area contributed by atoms with E-state index in [0.717, 1.165) is 4.90 Å². The Morgan fingerprint density at radius 2 is 1.66 bits per heavy atom. The van der Waals surface area contributed by atoms with E-state index in [0.29, 0.717) is 35.0 Å². The molecule has 0 unspecified atom stereocenters. The van der Waals surface area contributed by atoms with Gasteiger partial charge in [0.15, 0.2) is 0 Å². The number of halogens is 1. The summed E-state index contributed by atoms with van der Waals surface area (Å²) in [4.78, 5) is 27.9. The summed E-state index contributed by atoms with van der Waals surface area (Å²) in [6.45, 7) is 2.39. The predicted molar refractivity (Wildman–Crippen MR) is 120 cm³/mol. The minimum Gasteiger partial charge on any atom is -0.497 e. The molecule has 0 bridgehead atoms. The standard InChI is InChI=1S/C25H21FN2O4/c1-3-32-20-12-10-16(11-13-20)22-23(27-18-7-4-6-17(26)14-18)25(30)28(24(22)29)19-8-5-9-21(15-19)31-2/h4-15,27H,3H2,1-2H3. The molecule has 2 amide bonds. The van der Waals surface area contributed by atoms with Crippen LogP contribution in [0.3, 0.4) is 0 Å². The Hall–Kier alpha value is -4.13. The number of ether oxygens (including phenoxy) is 2. The number of hydrogen-bond acceptors (Lipinski definition) is 5. The highest BCUT2D eigenvalue weighted by Crippen LogP contribution is 2.35. The van der Waals surface area contributed by atoms with Gasteiger partial charge in [0.25, 0.3) is 11.8 Å². The fourth-order valence-electron chi connectivity index (χ4n) is 3.49. The Bertz CT molecular complexity index is 1200. The average molecular weight is 432 g/mol. The maximum Gasteiger partial charge on any atom is 0.282 e. The van der Waals surface area contributed by atoms with Gasteiger partial charge in [0.1, 0.15) is 23.0 Å². The van der Waals surface area contributed by atoms with Crippen molar-refractivity contribution in [3.05, 3.63) is 89.9 Å². The number of methoxy groups -OCH3 is 1. The highest BCUT2D eigenvalue weighted by Gasteiger charge is 2.40. The predicted octanol–water partition coefficient (Wildman–Crippen LogP) is 4.63. The van der Waals surface area contributed by atoms with E-state index in [1.807, 2.05) is 6.92 Å². The van der Waals surface area contributed by atoms with E-state index < -0.39 is 17.6 Å². The molecule has 0 atom stereocenters. The molecule has 0 saturated carbocycles. The van der Waals surface area contributed by atoms with Crippen molar-refractivity contribution in [2.45, 2.75) is 6.92 Å². The molecule has 0 saturated heterocycles. The quantitative estimate of drug-likeness (QED) is 0.552. The van der Waals surface area contributed by atoms with Crippen LogP contribution >= 0.6 is 0 Å². The van der Waals surface area contributed by atoms with Crippen LogP contribution < -0.4 is 19.7 Å². The molecule has 6 nitrogen and oxygen atoms in total. The Morgan fingerprint density at radius 3 is 2.34 bits per heavy atom. The molecule has 162 valence electrons. The number of amides is 2. The van der Waals surface area contributed by atoms with E-state index in [2.05, 4.69) is 5.32 Å². The average Bonchev–Trinajstić information content (AvgIpc) is 3.04. The lowest BCUT2D eigenvalue weighted by molar-refractivity contribution is -0.120. The lowest BCUT2D eigenvalue weighted by Gasteiger charge is -2.16. The summed E-state index contributed by atoms with van der Waals surface area (Å²) in [5, 5.41) is 2.94. The van der Waals surface area contributed by atoms with Gasteiger partial charge in [-0.1, -0.05) is 24.3 Å². The van der Waals surface area contributed by atoms with Crippen LogP contribution in [0.2, 0.25) is 0 Å². The number of rotatable bonds is 7. The molecule has 32 heavy (non-hydrogen) atoms. The first kappa shape index (κ1) is 21.1. The monoisotopic (exact) mass is 432 g/mol. The Labute approximate surface area is 184 Å². The smallest absolute Gasteiger partial charge is 0.282 e. The van der Waals surface area contributed by atoms with E-state index in [4.69, 9.17) is 9.47 Å². The molecule has 1 heterocycles. The first-order valence-electron chi connectivity index (χ1n) is 10.0. The first-order valence-corrected chi connectivity index (χ1v) is 10.0. The maximum atomic E-state index is 13.7. The minimum absolute atomic E-state index is 0.0626. The molecule has 0 spiro atoms. The van der Waals surface area contributed by atoms with Crippen molar-refractivity contribution >= 4 is 28.8 Å². The van der Waals surface area contributed by atoms with Crippen LogP contribution in [0, 0.1) is 5.82 Å². The van der Waals surface area contributed by atoms with Gasteiger partial charge in [-0.05, 0) is 55.0 Å². The van der Waals surface area contributed by atoms with Gasteiger partial charge in [-0.25, -0.2) is 9.29 Å². The number of nitrogens with zero attached hydrogens (tertiary/aromatic N) is 1. The van der Waals surface area contributed by atoms with E-state index in [1.54, 1.807) is 54.6 Å². The molecule has 1 aliphatic rings. The second-order valence-corrected chi connectivity index (χ2v) is 6.99. The zero-order valence-corrected chi connectivity index (χ0v) is 17.6. The van der Waals surface area contributed by atoms with Crippen LogP contribution in [-0.2, 0) is 9.59 Å². The second-order valence-electron chi connectivity index (χ2n) is 6.99. The van der Waals surface area contributed by atoms with Crippen molar-refractivity contribution in [3.8, 4) is 11.5 Å². The Kier molecular flexibility index (Phi) is 5.89. The van der Waals surface area contributed by atoms with Crippen molar-refractivity contribution in [3.63, 3.8) is 0 Å². The number of carbonyl (C=O) groups excluding carboxylic acids is 2. The normalized spacial score (nSPS) is 13.5. The molecular weight excluding hydrogens is 411 g/mol. The third-order valence-corrected chi connectivity index (χ3v) is 4.94. The molecule has 7 heteroatoms. The van der Waals surface area contributed by atoms with E-state index in [-0.39, 0.29) is 11.3 Å². The molecule has 3 aromatic rings. The summed E-state index contributed by atoms with van der Waals surface area (Å²) in [6, 6.07) is 19.3. The fraction of sp³-hybridized carbons (Fsp3) is 0.120. The van der Waals surface area contributed by atoms with Gasteiger partial charge < -0.3 is 14.8 Å². The molecule has 0 aromatic heterocycles. The molecule has 0 fully saturated rings. The number of carbonyl (C=O) groups is 2. The second kappa shape index (κ2) is 8.93. The first-order chi connectivity index (χ1) is 15.5. The lowest BCUT2D eigenvalue weighted by Crippen LogP contribution is -2.32. The van der Waals surface area contributed by atoms with Gasteiger partial charge in [-0.2, -0.15) is 0 Å². The summed E-state index contributed by atoms with van der Waals surface area (Å²) < 4.78 is 24.4. The van der Waals surface area contributed by atoms with Crippen molar-refractivity contribution in [2.24, 2.45) is 0 Å². The summed E-state index contributed by atoms with van der Waals surface area (Å²) in [5.74, 6) is -0.336. The van der Waals surface area contributed by atoms with Crippen LogP contribution in [0.25, 0.3) is 5.57 Å². The number of hydrogen-bond donors (Lipinski definition) is 1. The number of nitrogens with one attached hydrogen (secondary N) is 1. The van der Waals surface area contributed by atoms with Gasteiger partial charge in [0, 0.05) is 11.8 Å². The summed E-state index contributed by atoms with van der Waals surface area (Å²) >= 11 is 0. The summed E-state index contributed by atoms with van der Waals surface area (Å²) in [6.07, 6.45) is 0. The van der Waals surface area contributed by atoms with Crippen molar-refractivity contribution < 1.29 is 23.5 Å². The van der Waals surface area contributed by atoms with Crippen molar-refractivity contribution in [2.75, 3.05) is 23.9 Å². The zero-order valence-electron chi connectivity index (χ0n) is 17.6. The lowest BCUT2D eigenvalue weighted by atomic mass is 10.0. The van der Waals surface area contributed by atoms with Gasteiger partial charge >= 0.3 is 0 Å². The Morgan fingerprint density at radius 1 is 0.906 bits per heavy atom. The maximum absolute atomic E-state index is 13.7. The van der Waals surface area contributed by atoms with Crippen LogP contribution in [0.15, 0.2) is 78.5 Å². The minimum atomic E-state index is -0.545. The number of benzene rings is 3. The van der Waals surface area contributed by atoms with Crippen LogP contribution in [0.4, 0.5) is 15.8 Å². The van der Waals surface area contributed by atoms with E-state index in [9.17, 15) is 14.0 Å². The van der Waals surface area contributed by atoms with Crippen molar-refractivity contribution in [1.29, 1.82) is 0 Å². The number of imide groups is 1. The molecule has 1 aliphatic heterocycles. The largest absolute Gasteiger partial charge is 0.497 e. The molecule has 0 radical (unpaired) electrons. The van der Waals surface area contributed by atoms with Gasteiger partial charge in [0.2, 0.25) is 0 Å². The molecule has 4 rings (SSSR count). The zero-order chi connectivity index (χ0) is 22.7. The molecule has 0 aliphatic carbocycles. The van der Waals surface area contributed by atoms with Crippen LogP contribution in [0.1, 0.15) is 12.5 Å². The number of anilines is 2. The Balaban J connectivity index is 1.79. The molecular formula is C25H21FN2O4.